The average Bonchev–Trinajstić information content (AvgIpc) is 3.26. The van der Waals surface area contributed by atoms with Gasteiger partial charge in [0.15, 0.2) is 5.76 Å². The quantitative estimate of drug-likeness (QED) is 0.245. The Balaban J connectivity index is 0.00000306. The number of para-hydroxylation sites is 1. The van der Waals surface area contributed by atoms with Crippen molar-refractivity contribution in [2.75, 3.05) is 27.2 Å². The predicted molar refractivity (Wildman–Crippen MR) is 128 cm³/mol. The number of nitrogens with zero attached hydrogens (tertiary/aromatic N) is 2. The van der Waals surface area contributed by atoms with E-state index in [1.165, 1.54) is 11.1 Å². The average molecular weight is 507 g/mol. The van der Waals surface area contributed by atoms with E-state index in [0.717, 1.165) is 41.4 Å². The Labute approximate surface area is 207 Å². The fourth-order valence-electron chi connectivity index (χ4n) is 4.00. The van der Waals surface area contributed by atoms with Gasteiger partial charge in [-0.15, -0.1) is 0 Å². The molecule has 0 unspecified atom stereocenters. The molecule has 0 aliphatic carbocycles. The van der Waals surface area contributed by atoms with E-state index < -0.39 is 0 Å². The summed E-state index contributed by atoms with van der Waals surface area (Å²) in [6.07, 6.45) is 2.86. The van der Waals surface area contributed by atoms with Crippen LogP contribution in [0.5, 0.6) is 5.75 Å². The highest BCUT2D eigenvalue weighted by Gasteiger charge is 2.24. The van der Waals surface area contributed by atoms with Gasteiger partial charge in [0.25, 0.3) is 0 Å². The lowest BCUT2D eigenvalue weighted by atomic mass is 9.91. The van der Waals surface area contributed by atoms with E-state index in [2.05, 4.69) is 67.6 Å². The predicted octanol–water partition coefficient (Wildman–Crippen LogP) is 2.90. The Morgan fingerprint density at radius 1 is 0.818 bits per heavy atom. The van der Waals surface area contributed by atoms with Crippen LogP contribution in [-0.2, 0) is 6.54 Å². The summed E-state index contributed by atoms with van der Waals surface area (Å²) in [5.74, 6) is 2.56. The Morgan fingerprint density at radius 3 is 1.94 bits per heavy atom. The van der Waals surface area contributed by atoms with Gasteiger partial charge < -0.3 is 30.6 Å². The zero-order valence-electron chi connectivity index (χ0n) is 19.2. The first kappa shape index (κ1) is 24.7. The molecule has 0 aliphatic rings. The van der Waals surface area contributed by atoms with Crippen LogP contribution in [0.2, 0.25) is 0 Å². The molecule has 4 aromatic rings. The zero-order valence-corrected chi connectivity index (χ0v) is 20.8. The monoisotopic (exact) mass is 506 g/mol. The molecule has 33 heavy (non-hydrogen) atoms. The van der Waals surface area contributed by atoms with E-state index in [4.69, 9.17) is 9.15 Å². The van der Waals surface area contributed by atoms with Crippen LogP contribution in [0.1, 0.15) is 35.1 Å². The van der Waals surface area contributed by atoms with E-state index in [0.29, 0.717) is 6.61 Å². The van der Waals surface area contributed by atoms with Gasteiger partial charge in [-0.05, 0) is 23.3 Å². The van der Waals surface area contributed by atoms with Gasteiger partial charge in [0.2, 0.25) is 5.89 Å². The largest absolute Gasteiger partial charge is 1.00 e. The Morgan fingerprint density at radius 2 is 1.36 bits per heavy atom. The van der Waals surface area contributed by atoms with Crippen molar-refractivity contribution in [1.82, 2.24) is 4.98 Å². The highest BCUT2D eigenvalue weighted by molar-refractivity contribution is 5.37. The number of ether oxygens (including phenoxy) is 1. The van der Waals surface area contributed by atoms with Crippen LogP contribution in [0, 0.1) is 0 Å². The number of rotatable bonds is 10. The van der Waals surface area contributed by atoms with Crippen molar-refractivity contribution < 1.29 is 30.6 Å². The van der Waals surface area contributed by atoms with Gasteiger partial charge in [-0.3, -0.25) is 0 Å². The van der Waals surface area contributed by atoms with Gasteiger partial charge in [0.1, 0.15) is 12.3 Å². The van der Waals surface area contributed by atoms with Gasteiger partial charge in [0, 0.05) is 6.42 Å². The fourth-order valence-corrected chi connectivity index (χ4v) is 4.00. The van der Waals surface area contributed by atoms with Crippen molar-refractivity contribution in [3.05, 3.63) is 120 Å². The number of aromatic nitrogens is 1. The molecule has 5 heteroatoms. The molecule has 172 valence electrons. The Bertz CT molecular complexity index is 1040. The lowest BCUT2D eigenvalue weighted by Gasteiger charge is -2.28. The summed E-state index contributed by atoms with van der Waals surface area (Å²) in [5, 5.41) is 0. The molecule has 0 fully saturated rings. The number of oxazole rings is 1. The normalized spacial score (nSPS) is 11.2. The molecule has 3 aromatic carbocycles. The molecule has 0 aliphatic heterocycles. The Hall–Kier alpha value is -2.89. The summed E-state index contributed by atoms with van der Waals surface area (Å²) >= 11 is 0. The van der Waals surface area contributed by atoms with Crippen molar-refractivity contribution in [3.8, 4) is 5.75 Å². The number of halogens is 1. The second kappa shape index (κ2) is 11.8. The fraction of sp³-hybridized carbons (Fsp3) is 0.250. The maximum atomic E-state index is 6.31. The summed E-state index contributed by atoms with van der Waals surface area (Å²) in [5.41, 5.74) is 2.36. The minimum absolute atomic E-state index is 0. The molecule has 1 aromatic heterocycles. The third kappa shape index (κ3) is 7.04. The summed E-state index contributed by atoms with van der Waals surface area (Å²) < 4.78 is 13.0. The summed E-state index contributed by atoms with van der Waals surface area (Å²) in [7, 11) is 4.44. The summed E-state index contributed by atoms with van der Waals surface area (Å²) in [6, 6.07) is 30.8. The highest BCUT2D eigenvalue weighted by Crippen LogP contribution is 2.31. The molecule has 4 rings (SSSR count). The van der Waals surface area contributed by atoms with Crippen molar-refractivity contribution in [3.63, 3.8) is 0 Å². The van der Waals surface area contributed by atoms with Crippen LogP contribution in [0.15, 0.2) is 102 Å². The summed E-state index contributed by atoms with van der Waals surface area (Å²) in [4.78, 5) is 4.69. The minimum Gasteiger partial charge on any atom is -1.00 e. The molecule has 1 heterocycles. The highest BCUT2D eigenvalue weighted by atomic mass is 79.9. The first-order chi connectivity index (χ1) is 15.6. The van der Waals surface area contributed by atoms with E-state index in [9.17, 15) is 0 Å². The van der Waals surface area contributed by atoms with Gasteiger partial charge >= 0.3 is 0 Å². The molecule has 0 saturated carbocycles. The van der Waals surface area contributed by atoms with E-state index in [-0.39, 0.29) is 22.9 Å². The number of hydrogen-bond donors (Lipinski definition) is 0. The molecule has 4 nitrogen and oxygen atoms in total. The number of quaternary nitrogens is 1. The van der Waals surface area contributed by atoms with Crippen LogP contribution in [-0.4, -0.2) is 36.7 Å². The van der Waals surface area contributed by atoms with E-state index in [1.807, 2.05) is 48.7 Å². The van der Waals surface area contributed by atoms with Gasteiger partial charge in [-0.2, -0.15) is 0 Å². The molecular weight excluding hydrogens is 476 g/mol. The molecule has 0 spiro atoms. The van der Waals surface area contributed by atoms with Gasteiger partial charge in [-0.25, -0.2) is 4.98 Å². The lowest BCUT2D eigenvalue weighted by molar-refractivity contribution is -0.904. The third-order valence-corrected chi connectivity index (χ3v) is 5.59. The molecule has 0 atom stereocenters. The van der Waals surface area contributed by atoms with E-state index >= 15 is 0 Å². The second-order valence-electron chi connectivity index (χ2n) is 8.75. The van der Waals surface area contributed by atoms with Crippen LogP contribution < -0.4 is 21.7 Å². The van der Waals surface area contributed by atoms with E-state index in [1.54, 1.807) is 0 Å². The standard InChI is InChI=1S/C28H31N2O2.BrH/c1-30(2,19-12-20-31-25-17-10-5-11-18-25)22-26-21-29-28(32-26)27(23-13-6-3-7-14-23)24-15-8-4-9-16-24;/h3-11,13-18,21,27H,12,19-20,22H2,1-2H3;1H/q+1;/p-1. The van der Waals surface area contributed by atoms with Crippen molar-refractivity contribution in [2.24, 2.45) is 0 Å². The molecule has 0 saturated heterocycles. The van der Waals surface area contributed by atoms with Crippen LogP contribution >= 0.6 is 0 Å². The molecule has 0 bridgehead atoms. The lowest BCUT2D eigenvalue weighted by Crippen LogP contribution is -3.00. The minimum atomic E-state index is -0.0129. The van der Waals surface area contributed by atoms with Crippen molar-refractivity contribution in [2.45, 2.75) is 18.9 Å². The molecule has 0 amide bonds. The SMILES string of the molecule is C[N+](C)(CCCOc1ccccc1)Cc1cnc(C(c2ccccc2)c2ccccc2)o1.[Br-]. The first-order valence-electron chi connectivity index (χ1n) is 11.2. The first-order valence-corrected chi connectivity index (χ1v) is 11.2. The maximum absolute atomic E-state index is 6.31. The second-order valence-corrected chi connectivity index (χ2v) is 8.75. The molecule has 0 radical (unpaired) electrons. The molecule has 0 N–H and O–H groups in total. The maximum Gasteiger partial charge on any atom is 0.206 e. The smallest absolute Gasteiger partial charge is 0.206 e. The van der Waals surface area contributed by atoms with Gasteiger partial charge in [0.05, 0.1) is 39.4 Å². The van der Waals surface area contributed by atoms with Crippen LogP contribution in [0.25, 0.3) is 0 Å². The van der Waals surface area contributed by atoms with Crippen LogP contribution in [0.4, 0.5) is 0 Å². The van der Waals surface area contributed by atoms with Crippen molar-refractivity contribution >= 4 is 0 Å². The van der Waals surface area contributed by atoms with Crippen molar-refractivity contribution in [1.29, 1.82) is 0 Å². The number of hydrogen-bond acceptors (Lipinski definition) is 3. The third-order valence-electron chi connectivity index (χ3n) is 5.59. The molecular formula is C28H31BrN2O2. The Kier molecular flexibility index (Phi) is 8.87. The number of benzene rings is 3. The van der Waals surface area contributed by atoms with Gasteiger partial charge in [-0.1, -0.05) is 78.9 Å². The zero-order chi connectivity index (χ0) is 22.2. The topological polar surface area (TPSA) is 35.3 Å². The van der Waals surface area contributed by atoms with Crippen LogP contribution in [0.3, 0.4) is 0 Å². The summed E-state index contributed by atoms with van der Waals surface area (Å²) in [6.45, 7) is 2.48.